The van der Waals surface area contributed by atoms with Gasteiger partial charge in [-0.25, -0.2) is 0 Å². The molecule has 1 rings (SSSR count). The molecular weight excluding hydrogens is 274 g/mol. The molecule has 2 atom stereocenters. The van der Waals surface area contributed by atoms with Crippen molar-refractivity contribution in [2.24, 2.45) is 11.8 Å². The minimum atomic E-state index is -3.29. The molecule has 0 spiro atoms. The highest BCUT2D eigenvalue weighted by Crippen LogP contribution is 2.24. The number of piperidine rings is 1. The van der Waals surface area contributed by atoms with E-state index in [4.69, 9.17) is 0 Å². The lowest BCUT2D eigenvalue weighted by atomic mass is 9.94. The van der Waals surface area contributed by atoms with Crippen LogP contribution in [0.4, 0.5) is 0 Å². The molecule has 0 amide bonds. The van der Waals surface area contributed by atoms with Gasteiger partial charge in [-0.1, -0.05) is 27.7 Å². The summed E-state index contributed by atoms with van der Waals surface area (Å²) in [7, 11) is -1.60. The van der Waals surface area contributed by atoms with Gasteiger partial charge >= 0.3 is 0 Å². The Morgan fingerprint density at radius 1 is 1.25 bits per heavy atom. The number of rotatable bonds is 7. The molecule has 1 fully saturated rings. The van der Waals surface area contributed by atoms with E-state index < -0.39 is 10.2 Å². The summed E-state index contributed by atoms with van der Waals surface area (Å²) < 4.78 is 28.2. The minimum absolute atomic E-state index is 0.445. The zero-order valence-corrected chi connectivity index (χ0v) is 14.4. The van der Waals surface area contributed by atoms with Crippen LogP contribution in [0.15, 0.2) is 0 Å². The standard InChI is InChI=1S/C14H31N3O2S/c1-12(2)15-7-6-8-16(5)20(18,19)17-10-13(3)9-14(4)11-17/h12-15H,6-11H2,1-5H3. The molecule has 0 aromatic rings. The summed E-state index contributed by atoms with van der Waals surface area (Å²) in [5, 5.41) is 3.31. The molecule has 0 aliphatic carbocycles. The maximum atomic E-state index is 12.5. The van der Waals surface area contributed by atoms with Crippen molar-refractivity contribution in [2.45, 2.75) is 46.6 Å². The van der Waals surface area contributed by atoms with Gasteiger partial charge in [-0.2, -0.15) is 17.0 Å². The average Bonchev–Trinajstić information content (AvgIpc) is 2.32. The smallest absolute Gasteiger partial charge is 0.281 e. The molecule has 0 radical (unpaired) electrons. The molecule has 0 bridgehead atoms. The van der Waals surface area contributed by atoms with E-state index >= 15 is 0 Å². The van der Waals surface area contributed by atoms with Gasteiger partial charge in [0.05, 0.1) is 0 Å². The van der Waals surface area contributed by atoms with Crippen LogP contribution in [0.25, 0.3) is 0 Å². The van der Waals surface area contributed by atoms with Gasteiger partial charge in [0, 0.05) is 32.7 Å². The lowest BCUT2D eigenvalue weighted by Gasteiger charge is -2.36. The molecule has 6 heteroatoms. The Kier molecular flexibility index (Phi) is 6.91. The monoisotopic (exact) mass is 305 g/mol. The fourth-order valence-corrected chi connectivity index (χ4v) is 4.44. The largest absolute Gasteiger partial charge is 0.314 e. The van der Waals surface area contributed by atoms with E-state index in [0.717, 1.165) is 19.4 Å². The fraction of sp³-hybridized carbons (Fsp3) is 1.00. The number of nitrogens with zero attached hydrogens (tertiary/aromatic N) is 2. The Balaban J connectivity index is 2.50. The third-order valence-corrected chi connectivity index (χ3v) is 5.68. The van der Waals surface area contributed by atoms with Crippen molar-refractivity contribution in [2.75, 3.05) is 33.2 Å². The first-order valence-electron chi connectivity index (χ1n) is 7.68. The second-order valence-electron chi connectivity index (χ2n) is 6.55. The number of hydrogen-bond acceptors (Lipinski definition) is 3. The SMILES string of the molecule is CC1CC(C)CN(S(=O)(=O)N(C)CCCNC(C)C)C1. The van der Waals surface area contributed by atoms with Crippen LogP contribution < -0.4 is 5.32 Å². The fourth-order valence-electron chi connectivity index (χ4n) is 2.80. The lowest BCUT2D eigenvalue weighted by Crippen LogP contribution is -2.48. The van der Waals surface area contributed by atoms with Crippen LogP contribution in [0.1, 0.15) is 40.5 Å². The Bertz CT molecular complexity index is 374. The van der Waals surface area contributed by atoms with Crippen molar-refractivity contribution in [1.29, 1.82) is 0 Å². The van der Waals surface area contributed by atoms with Crippen LogP contribution in [0.5, 0.6) is 0 Å². The van der Waals surface area contributed by atoms with Crippen LogP contribution in [0, 0.1) is 11.8 Å². The van der Waals surface area contributed by atoms with E-state index in [2.05, 4.69) is 33.0 Å². The first-order chi connectivity index (χ1) is 9.23. The summed E-state index contributed by atoms with van der Waals surface area (Å²) in [4.78, 5) is 0. The van der Waals surface area contributed by atoms with E-state index in [1.165, 1.54) is 4.31 Å². The summed E-state index contributed by atoms with van der Waals surface area (Å²) in [6.07, 6.45) is 1.96. The first kappa shape index (κ1) is 17.9. The first-order valence-corrected chi connectivity index (χ1v) is 9.08. The quantitative estimate of drug-likeness (QED) is 0.726. The average molecular weight is 305 g/mol. The third-order valence-electron chi connectivity index (χ3n) is 3.76. The maximum Gasteiger partial charge on any atom is 0.281 e. The highest BCUT2D eigenvalue weighted by molar-refractivity contribution is 7.86. The molecular formula is C14H31N3O2S. The molecule has 5 nitrogen and oxygen atoms in total. The van der Waals surface area contributed by atoms with Gasteiger partial charge in [0.1, 0.15) is 0 Å². The molecule has 120 valence electrons. The van der Waals surface area contributed by atoms with Crippen LogP contribution in [0.3, 0.4) is 0 Å². The van der Waals surface area contributed by atoms with Crippen LogP contribution in [0.2, 0.25) is 0 Å². The van der Waals surface area contributed by atoms with Gasteiger partial charge in [-0.3, -0.25) is 0 Å². The van der Waals surface area contributed by atoms with Gasteiger partial charge in [-0.05, 0) is 31.2 Å². The minimum Gasteiger partial charge on any atom is -0.314 e. The second kappa shape index (κ2) is 7.73. The van der Waals surface area contributed by atoms with Crippen LogP contribution in [-0.4, -0.2) is 56.3 Å². The molecule has 1 saturated heterocycles. The molecule has 1 aliphatic heterocycles. The zero-order valence-electron chi connectivity index (χ0n) is 13.6. The van der Waals surface area contributed by atoms with Crippen molar-refractivity contribution < 1.29 is 8.42 Å². The van der Waals surface area contributed by atoms with E-state index in [9.17, 15) is 8.42 Å². The summed E-state index contributed by atoms with van der Waals surface area (Å²) in [6.45, 7) is 11.2. The highest BCUT2D eigenvalue weighted by atomic mass is 32.2. The van der Waals surface area contributed by atoms with Gasteiger partial charge in [-0.15, -0.1) is 0 Å². The summed E-state index contributed by atoms with van der Waals surface area (Å²) in [6, 6.07) is 0.445. The van der Waals surface area contributed by atoms with E-state index in [1.807, 2.05) is 0 Å². The van der Waals surface area contributed by atoms with Crippen LogP contribution >= 0.6 is 0 Å². The second-order valence-corrected chi connectivity index (χ2v) is 8.59. The Morgan fingerprint density at radius 2 is 1.80 bits per heavy atom. The van der Waals surface area contributed by atoms with Gasteiger partial charge in [0.25, 0.3) is 10.2 Å². The molecule has 1 N–H and O–H groups in total. The maximum absolute atomic E-state index is 12.5. The molecule has 0 aromatic heterocycles. The molecule has 1 heterocycles. The van der Waals surface area contributed by atoms with Gasteiger partial charge < -0.3 is 5.32 Å². The van der Waals surface area contributed by atoms with Crippen molar-refractivity contribution in [3.8, 4) is 0 Å². The normalized spacial score (nSPS) is 25.6. The topological polar surface area (TPSA) is 52.7 Å². The number of hydrogen-bond donors (Lipinski definition) is 1. The van der Waals surface area contributed by atoms with Crippen molar-refractivity contribution >= 4 is 10.2 Å². The third kappa shape index (κ3) is 5.31. The Hall–Kier alpha value is -0.170. The molecule has 2 unspecified atom stereocenters. The number of nitrogens with one attached hydrogen (secondary N) is 1. The molecule has 0 aromatic carbocycles. The van der Waals surface area contributed by atoms with E-state index in [-0.39, 0.29) is 0 Å². The summed E-state index contributed by atoms with van der Waals surface area (Å²) >= 11 is 0. The van der Waals surface area contributed by atoms with E-state index in [0.29, 0.717) is 37.5 Å². The Labute approximate surface area is 124 Å². The zero-order chi connectivity index (χ0) is 15.3. The van der Waals surface area contributed by atoms with E-state index in [1.54, 1.807) is 11.4 Å². The summed E-state index contributed by atoms with van der Waals surface area (Å²) in [5.74, 6) is 0.897. The van der Waals surface area contributed by atoms with Crippen LogP contribution in [-0.2, 0) is 10.2 Å². The lowest BCUT2D eigenvalue weighted by molar-refractivity contribution is 0.211. The van der Waals surface area contributed by atoms with Crippen molar-refractivity contribution in [1.82, 2.24) is 13.9 Å². The predicted molar refractivity (Wildman–Crippen MR) is 83.8 cm³/mol. The highest BCUT2D eigenvalue weighted by Gasteiger charge is 2.32. The van der Waals surface area contributed by atoms with Gasteiger partial charge in [0.2, 0.25) is 0 Å². The molecule has 0 saturated carbocycles. The summed E-state index contributed by atoms with van der Waals surface area (Å²) in [5.41, 5.74) is 0. The van der Waals surface area contributed by atoms with Crippen molar-refractivity contribution in [3.63, 3.8) is 0 Å². The Morgan fingerprint density at radius 3 is 2.30 bits per heavy atom. The molecule has 1 aliphatic rings. The predicted octanol–water partition coefficient (Wildman–Crippen LogP) is 1.53. The molecule has 20 heavy (non-hydrogen) atoms. The van der Waals surface area contributed by atoms with Crippen molar-refractivity contribution in [3.05, 3.63) is 0 Å². The van der Waals surface area contributed by atoms with Gasteiger partial charge in [0.15, 0.2) is 0 Å².